The van der Waals surface area contributed by atoms with Crippen LogP contribution < -0.4 is 5.32 Å². The predicted molar refractivity (Wildman–Crippen MR) is 60.4 cm³/mol. The standard InChI is InChI=1S/C10H15N3O2S/c1-2-3-8-9(16-13-12-8)10(15)11-6-4-7(14)5-6/h6-7,14H,2-5H2,1H3,(H,11,15). The quantitative estimate of drug-likeness (QED) is 0.815. The molecule has 1 saturated carbocycles. The molecule has 0 atom stereocenters. The summed E-state index contributed by atoms with van der Waals surface area (Å²) >= 11 is 1.14. The zero-order valence-electron chi connectivity index (χ0n) is 9.14. The lowest BCUT2D eigenvalue weighted by molar-refractivity contribution is 0.0564. The number of amides is 1. The molecule has 0 saturated heterocycles. The number of carbonyl (C=O) groups is 1. The average Bonchev–Trinajstić information content (AvgIpc) is 2.64. The SMILES string of the molecule is CCCc1nnsc1C(=O)NC1CC(O)C1. The molecular weight excluding hydrogens is 226 g/mol. The van der Waals surface area contributed by atoms with Crippen molar-refractivity contribution in [3.05, 3.63) is 10.6 Å². The van der Waals surface area contributed by atoms with E-state index in [0.717, 1.165) is 30.1 Å². The van der Waals surface area contributed by atoms with E-state index < -0.39 is 0 Å². The fraction of sp³-hybridized carbons (Fsp3) is 0.700. The fourth-order valence-electron chi connectivity index (χ4n) is 1.74. The Labute approximate surface area is 98.0 Å². The number of nitrogens with zero attached hydrogens (tertiary/aromatic N) is 2. The van der Waals surface area contributed by atoms with Gasteiger partial charge < -0.3 is 10.4 Å². The van der Waals surface area contributed by atoms with Crippen LogP contribution in [0.2, 0.25) is 0 Å². The molecule has 0 bridgehead atoms. The molecular formula is C10H15N3O2S. The van der Waals surface area contributed by atoms with Gasteiger partial charge in [-0.1, -0.05) is 17.8 Å². The highest BCUT2D eigenvalue weighted by atomic mass is 32.1. The van der Waals surface area contributed by atoms with Crippen molar-refractivity contribution in [3.63, 3.8) is 0 Å². The Morgan fingerprint density at radius 1 is 1.62 bits per heavy atom. The van der Waals surface area contributed by atoms with Crippen LogP contribution in [0.4, 0.5) is 0 Å². The van der Waals surface area contributed by atoms with Crippen LogP contribution in [0.1, 0.15) is 41.6 Å². The zero-order valence-corrected chi connectivity index (χ0v) is 9.96. The van der Waals surface area contributed by atoms with E-state index in [0.29, 0.717) is 17.7 Å². The molecule has 16 heavy (non-hydrogen) atoms. The second-order valence-electron chi connectivity index (χ2n) is 4.09. The summed E-state index contributed by atoms with van der Waals surface area (Å²) in [7, 11) is 0. The van der Waals surface area contributed by atoms with Gasteiger partial charge in [0.1, 0.15) is 4.88 Å². The summed E-state index contributed by atoms with van der Waals surface area (Å²) in [4.78, 5) is 12.5. The highest BCUT2D eigenvalue weighted by Gasteiger charge is 2.29. The van der Waals surface area contributed by atoms with Gasteiger partial charge >= 0.3 is 0 Å². The maximum absolute atomic E-state index is 11.8. The van der Waals surface area contributed by atoms with E-state index >= 15 is 0 Å². The maximum atomic E-state index is 11.8. The highest BCUT2D eigenvalue weighted by molar-refractivity contribution is 7.08. The maximum Gasteiger partial charge on any atom is 0.265 e. The predicted octanol–water partition coefficient (Wildman–Crippen LogP) is 0.744. The molecule has 88 valence electrons. The third kappa shape index (κ3) is 2.38. The van der Waals surface area contributed by atoms with Gasteiger partial charge in [0.25, 0.3) is 5.91 Å². The first-order valence-corrected chi connectivity index (χ1v) is 6.28. The first kappa shape index (κ1) is 11.5. The number of aliphatic hydroxyl groups is 1. The number of carbonyl (C=O) groups excluding carboxylic acids is 1. The third-order valence-electron chi connectivity index (χ3n) is 2.70. The van der Waals surface area contributed by atoms with E-state index in [1.54, 1.807) is 0 Å². The second kappa shape index (κ2) is 4.88. The molecule has 0 aromatic carbocycles. The number of nitrogens with one attached hydrogen (secondary N) is 1. The lowest BCUT2D eigenvalue weighted by atomic mass is 9.89. The van der Waals surface area contributed by atoms with E-state index in [-0.39, 0.29) is 18.1 Å². The monoisotopic (exact) mass is 241 g/mol. The molecule has 1 heterocycles. The van der Waals surface area contributed by atoms with Crippen molar-refractivity contribution in [3.8, 4) is 0 Å². The normalized spacial score (nSPS) is 23.9. The molecule has 1 amide bonds. The summed E-state index contributed by atoms with van der Waals surface area (Å²) in [6.45, 7) is 2.04. The summed E-state index contributed by atoms with van der Waals surface area (Å²) in [6.07, 6.45) is 2.79. The Balaban J connectivity index is 1.95. The van der Waals surface area contributed by atoms with Crippen molar-refractivity contribution in [1.29, 1.82) is 0 Å². The molecule has 1 aromatic heterocycles. The van der Waals surface area contributed by atoms with Gasteiger partial charge in [-0.15, -0.1) is 5.10 Å². The van der Waals surface area contributed by atoms with E-state index in [9.17, 15) is 4.79 Å². The Hall–Kier alpha value is -1.01. The minimum atomic E-state index is -0.250. The lowest BCUT2D eigenvalue weighted by Crippen LogP contribution is -2.46. The molecule has 0 unspecified atom stereocenters. The minimum absolute atomic E-state index is 0.102. The number of aromatic nitrogens is 2. The van der Waals surface area contributed by atoms with Gasteiger partial charge in [-0.25, -0.2) is 0 Å². The first-order valence-electron chi connectivity index (χ1n) is 5.50. The van der Waals surface area contributed by atoms with E-state index in [1.165, 1.54) is 0 Å². The molecule has 2 rings (SSSR count). The van der Waals surface area contributed by atoms with Crippen LogP contribution in [0, 0.1) is 0 Å². The number of hydrogen-bond donors (Lipinski definition) is 2. The Bertz CT molecular complexity index is 374. The molecule has 5 nitrogen and oxygen atoms in total. The van der Waals surface area contributed by atoms with Crippen LogP contribution in [0.25, 0.3) is 0 Å². The number of aryl methyl sites for hydroxylation is 1. The summed E-state index contributed by atoms with van der Waals surface area (Å²) in [5.41, 5.74) is 0.782. The van der Waals surface area contributed by atoms with Crippen molar-refractivity contribution >= 4 is 17.4 Å². The van der Waals surface area contributed by atoms with Crippen molar-refractivity contribution in [2.24, 2.45) is 0 Å². The number of hydrogen-bond acceptors (Lipinski definition) is 5. The van der Waals surface area contributed by atoms with E-state index in [2.05, 4.69) is 14.9 Å². The topological polar surface area (TPSA) is 75.1 Å². The molecule has 0 spiro atoms. The summed E-state index contributed by atoms with van der Waals surface area (Å²) in [5, 5.41) is 16.0. The van der Waals surface area contributed by atoms with Gasteiger partial charge in [0.15, 0.2) is 0 Å². The zero-order chi connectivity index (χ0) is 11.5. The van der Waals surface area contributed by atoms with Crippen LogP contribution in [0.15, 0.2) is 0 Å². The highest BCUT2D eigenvalue weighted by Crippen LogP contribution is 2.21. The molecule has 1 aliphatic carbocycles. The molecule has 6 heteroatoms. The first-order chi connectivity index (χ1) is 7.70. The third-order valence-corrected chi connectivity index (χ3v) is 3.46. The van der Waals surface area contributed by atoms with Crippen molar-refractivity contribution in [1.82, 2.24) is 14.9 Å². The molecule has 1 aliphatic rings. The van der Waals surface area contributed by atoms with Crippen molar-refractivity contribution in [2.75, 3.05) is 0 Å². The van der Waals surface area contributed by atoms with Gasteiger partial charge in [0, 0.05) is 6.04 Å². The van der Waals surface area contributed by atoms with Gasteiger partial charge in [-0.05, 0) is 30.8 Å². The van der Waals surface area contributed by atoms with Gasteiger partial charge in [0.2, 0.25) is 0 Å². The van der Waals surface area contributed by atoms with Crippen LogP contribution in [-0.4, -0.2) is 32.7 Å². The molecule has 0 aliphatic heterocycles. The average molecular weight is 241 g/mol. The molecule has 1 aromatic rings. The Morgan fingerprint density at radius 3 is 3.00 bits per heavy atom. The summed E-state index contributed by atoms with van der Waals surface area (Å²) in [5.74, 6) is -0.102. The smallest absolute Gasteiger partial charge is 0.265 e. The number of rotatable bonds is 4. The fourth-order valence-corrected chi connectivity index (χ4v) is 2.35. The molecule has 1 fully saturated rings. The van der Waals surface area contributed by atoms with E-state index in [1.807, 2.05) is 6.92 Å². The van der Waals surface area contributed by atoms with Crippen LogP contribution in [0.3, 0.4) is 0 Å². The Kier molecular flexibility index (Phi) is 3.50. The number of aliphatic hydroxyl groups excluding tert-OH is 1. The lowest BCUT2D eigenvalue weighted by Gasteiger charge is -2.31. The van der Waals surface area contributed by atoms with Gasteiger partial charge in [-0.3, -0.25) is 4.79 Å². The minimum Gasteiger partial charge on any atom is -0.393 e. The van der Waals surface area contributed by atoms with E-state index in [4.69, 9.17) is 5.11 Å². The van der Waals surface area contributed by atoms with Crippen molar-refractivity contribution in [2.45, 2.75) is 44.8 Å². The molecule has 2 N–H and O–H groups in total. The van der Waals surface area contributed by atoms with Gasteiger partial charge in [0.05, 0.1) is 11.8 Å². The van der Waals surface area contributed by atoms with Crippen LogP contribution in [0.5, 0.6) is 0 Å². The second-order valence-corrected chi connectivity index (χ2v) is 4.85. The summed E-state index contributed by atoms with van der Waals surface area (Å²) in [6, 6.07) is 0.110. The summed E-state index contributed by atoms with van der Waals surface area (Å²) < 4.78 is 3.81. The van der Waals surface area contributed by atoms with Crippen LogP contribution in [-0.2, 0) is 6.42 Å². The largest absolute Gasteiger partial charge is 0.393 e. The van der Waals surface area contributed by atoms with Gasteiger partial charge in [-0.2, -0.15) is 0 Å². The molecule has 0 radical (unpaired) electrons. The van der Waals surface area contributed by atoms with Crippen molar-refractivity contribution < 1.29 is 9.90 Å². The van der Waals surface area contributed by atoms with Crippen LogP contribution >= 0.6 is 11.5 Å². The Morgan fingerprint density at radius 2 is 2.38 bits per heavy atom.